The molecule has 0 bridgehead atoms. The first kappa shape index (κ1) is 26.8. The number of hydrogen-bond donors (Lipinski definition) is 3. The largest absolute Gasteiger partial charge is 0.463 e. The molecule has 3 heterocycles. The molecule has 1 saturated carbocycles. The highest BCUT2D eigenvalue weighted by molar-refractivity contribution is 5.76. The fourth-order valence-corrected chi connectivity index (χ4v) is 5.02. The molecule has 0 radical (unpaired) electrons. The number of fused-ring (bicyclic) bond motifs is 1. The molecule has 200 valence electrons. The average Bonchev–Trinajstić information content (AvgIpc) is 3.44. The minimum absolute atomic E-state index is 0.164. The van der Waals surface area contributed by atoms with Crippen molar-refractivity contribution in [3.8, 4) is 6.07 Å². The third-order valence-electron chi connectivity index (χ3n) is 7.29. The predicted octanol–water partition coefficient (Wildman–Crippen LogP) is 1.20. The molecular weight excluding hydrogens is 480 g/mol. The summed E-state index contributed by atoms with van der Waals surface area (Å²) < 4.78 is 18.5. The molecule has 0 aromatic carbocycles. The van der Waals surface area contributed by atoms with E-state index in [4.69, 9.17) is 25.7 Å². The number of aromatic nitrogens is 3. The molecule has 1 aliphatic carbocycles. The minimum atomic E-state index is -2.00. The Kier molecular flexibility index (Phi) is 7.96. The summed E-state index contributed by atoms with van der Waals surface area (Å²) in [6, 6.07) is 4.19. The van der Waals surface area contributed by atoms with Crippen LogP contribution in [0.2, 0.25) is 0 Å². The second-order valence-electron chi connectivity index (χ2n) is 10.2. The van der Waals surface area contributed by atoms with Crippen LogP contribution in [0.15, 0.2) is 18.5 Å². The molecule has 12 heteroatoms. The van der Waals surface area contributed by atoms with Gasteiger partial charge in [0, 0.05) is 6.42 Å². The Labute approximate surface area is 214 Å². The van der Waals surface area contributed by atoms with E-state index >= 15 is 0 Å². The monoisotopic (exact) mass is 514 g/mol. The summed E-state index contributed by atoms with van der Waals surface area (Å²) in [6.45, 7) is 3.20. The summed E-state index contributed by atoms with van der Waals surface area (Å²) in [5, 5.41) is 25.8. The molecule has 5 N–H and O–H groups in total. The van der Waals surface area contributed by atoms with Gasteiger partial charge in [0.15, 0.2) is 11.9 Å². The van der Waals surface area contributed by atoms with Gasteiger partial charge in [-0.2, -0.15) is 10.4 Å². The highest BCUT2D eigenvalue weighted by Crippen LogP contribution is 2.42. The fourth-order valence-electron chi connectivity index (χ4n) is 5.02. The van der Waals surface area contributed by atoms with E-state index < -0.39 is 41.9 Å². The molecule has 0 unspecified atom stereocenters. The van der Waals surface area contributed by atoms with Gasteiger partial charge in [0.05, 0.1) is 5.69 Å². The van der Waals surface area contributed by atoms with Crippen LogP contribution in [-0.4, -0.2) is 62.6 Å². The lowest BCUT2D eigenvalue weighted by atomic mass is 9.87. The molecule has 1 aliphatic heterocycles. The summed E-state index contributed by atoms with van der Waals surface area (Å²) in [6.07, 6.45) is 2.70. The normalized spacial score (nSPS) is 27.2. The van der Waals surface area contributed by atoms with Crippen LogP contribution in [0.1, 0.15) is 58.1 Å². The van der Waals surface area contributed by atoms with E-state index in [1.807, 2.05) is 6.07 Å². The van der Waals surface area contributed by atoms with Crippen molar-refractivity contribution < 1.29 is 28.9 Å². The number of nitriles is 1. The Balaban J connectivity index is 1.60. The number of nitrogens with two attached hydrogens (primary N) is 2. The van der Waals surface area contributed by atoms with Crippen LogP contribution < -0.4 is 11.5 Å². The van der Waals surface area contributed by atoms with E-state index in [9.17, 15) is 20.0 Å². The first-order chi connectivity index (χ1) is 17.7. The zero-order valence-electron chi connectivity index (χ0n) is 21.1. The van der Waals surface area contributed by atoms with Crippen LogP contribution in [0, 0.1) is 23.2 Å². The second kappa shape index (κ2) is 11.0. The van der Waals surface area contributed by atoms with Gasteiger partial charge in [0.2, 0.25) is 5.60 Å². The Morgan fingerprint density at radius 1 is 1.32 bits per heavy atom. The fraction of sp³-hybridized carbons (Fsp3) is 0.640. The molecule has 4 rings (SSSR count). The number of esters is 2. The lowest BCUT2D eigenvalue weighted by Gasteiger charge is -2.25. The van der Waals surface area contributed by atoms with Crippen molar-refractivity contribution in [2.45, 2.75) is 82.3 Å². The van der Waals surface area contributed by atoms with Gasteiger partial charge in [-0.15, -0.1) is 0 Å². The van der Waals surface area contributed by atoms with Crippen LogP contribution >= 0.6 is 0 Å². The van der Waals surface area contributed by atoms with E-state index in [2.05, 4.69) is 10.1 Å². The van der Waals surface area contributed by atoms with Gasteiger partial charge >= 0.3 is 11.9 Å². The van der Waals surface area contributed by atoms with Crippen molar-refractivity contribution in [1.82, 2.24) is 14.6 Å². The van der Waals surface area contributed by atoms with Crippen LogP contribution in [0.4, 0.5) is 5.82 Å². The number of aliphatic hydroxyl groups is 1. The number of nitrogen functional groups attached to an aromatic ring is 1. The van der Waals surface area contributed by atoms with Crippen molar-refractivity contribution in [3.63, 3.8) is 0 Å². The minimum Gasteiger partial charge on any atom is -0.463 e. The summed E-state index contributed by atoms with van der Waals surface area (Å²) >= 11 is 0. The topological polar surface area (TPSA) is 188 Å². The first-order valence-electron chi connectivity index (χ1n) is 12.7. The molecule has 12 nitrogen and oxygen atoms in total. The maximum atomic E-state index is 12.7. The molecule has 2 aliphatic rings. The van der Waals surface area contributed by atoms with Gasteiger partial charge < -0.3 is 30.8 Å². The third kappa shape index (κ3) is 5.25. The Bertz CT molecular complexity index is 1170. The van der Waals surface area contributed by atoms with E-state index in [1.165, 1.54) is 23.3 Å². The number of hydrogen-bond acceptors (Lipinski definition) is 11. The molecule has 0 spiro atoms. The number of aliphatic hydroxyl groups excluding tert-OH is 1. The zero-order valence-corrected chi connectivity index (χ0v) is 21.1. The maximum Gasteiger partial charge on any atom is 0.323 e. The average molecular weight is 515 g/mol. The van der Waals surface area contributed by atoms with Crippen molar-refractivity contribution in [3.05, 3.63) is 24.2 Å². The second-order valence-corrected chi connectivity index (χ2v) is 10.2. The molecule has 2 fully saturated rings. The standard InChI is InChI=1S/C25H34N6O6/c1-14(2)20(27)24(34)36-21-17(11-35-19(32)10-15-6-4-3-5-7-15)37-25(12-26,22(21)33)18-9-8-16-23(28)29-13-30-31(16)18/h8-9,13-15,17,20-22,33H,3-7,10-11,27H2,1-2H3,(H2,28,29,30)/t17-,20+,21-,22-,25+/m1/s1. The summed E-state index contributed by atoms with van der Waals surface area (Å²) in [5.74, 6) is -0.961. The van der Waals surface area contributed by atoms with Gasteiger partial charge in [-0.25, -0.2) is 9.50 Å². The molecule has 0 amide bonds. The number of rotatable bonds is 8. The SMILES string of the molecule is CC(C)[C@H](N)C(=O)O[C@H]1[C@@H](O)[C@](C#N)(c2ccc3c(N)ncnn23)O[C@@H]1COC(=O)CC1CCCCC1. The van der Waals surface area contributed by atoms with Gasteiger partial charge in [-0.05, 0) is 36.8 Å². The Hall–Kier alpha value is -3.27. The smallest absolute Gasteiger partial charge is 0.323 e. The lowest BCUT2D eigenvalue weighted by molar-refractivity contribution is -0.162. The zero-order chi connectivity index (χ0) is 26.7. The van der Waals surface area contributed by atoms with Gasteiger partial charge in [-0.3, -0.25) is 9.59 Å². The number of carbonyl (C=O) groups is 2. The lowest BCUT2D eigenvalue weighted by Crippen LogP contribution is -2.46. The van der Waals surface area contributed by atoms with Gasteiger partial charge in [0.1, 0.15) is 42.8 Å². The number of anilines is 1. The van der Waals surface area contributed by atoms with E-state index in [0.29, 0.717) is 5.52 Å². The van der Waals surface area contributed by atoms with Crippen molar-refractivity contribution in [1.29, 1.82) is 5.26 Å². The first-order valence-corrected chi connectivity index (χ1v) is 12.7. The Morgan fingerprint density at radius 2 is 2.05 bits per heavy atom. The molecule has 5 atom stereocenters. The molecule has 37 heavy (non-hydrogen) atoms. The molecule has 1 saturated heterocycles. The summed E-state index contributed by atoms with van der Waals surface area (Å²) in [7, 11) is 0. The van der Waals surface area contributed by atoms with Gasteiger partial charge in [0.25, 0.3) is 0 Å². The number of nitrogens with zero attached hydrogens (tertiary/aromatic N) is 4. The predicted molar refractivity (Wildman–Crippen MR) is 130 cm³/mol. The third-order valence-corrected chi connectivity index (χ3v) is 7.29. The van der Waals surface area contributed by atoms with Crippen LogP contribution in [0.25, 0.3) is 5.52 Å². The van der Waals surface area contributed by atoms with E-state index in [1.54, 1.807) is 19.9 Å². The molecular formula is C25H34N6O6. The van der Waals surface area contributed by atoms with Crippen molar-refractivity contribution in [2.24, 2.45) is 17.6 Å². The number of ether oxygens (including phenoxy) is 3. The van der Waals surface area contributed by atoms with Gasteiger partial charge in [-0.1, -0.05) is 33.1 Å². The number of carbonyl (C=O) groups excluding carboxylic acids is 2. The highest BCUT2D eigenvalue weighted by atomic mass is 16.6. The maximum absolute atomic E-state index is 12.7. The van der Waals surface area contributed by atoms with E-state index in [0.717, 1.165) is 25.7 Å². The highest BCUT2D eigenvalue weighted by Gasteiger charge is 2.60. The Morgan fingerprint density at radius 3 is 2.73 bits per heavy atom. The molecule has 2 aromatic rings. The summed E-state index contributed by atoms with van der Waals surface area (Å²) in [4.78, 5) is 29.2. The quantitative estimate of drug-likeness (QED) is 0.429. The van der Waals surface area contributed by atoms with Crippen LogP contribution in [0.3, 0.4) is 0 Å². The van der Waals surface area contributed by atoms with Crippen molar-refractivity contribution >= 4 is 23.3 Å². The van der Waals surface area contributed by atoms with Crippen LogP contribution in [0.5, 0.6) is 0 Å². The van der Waals surface area contributed by atoms with E-state index in [-0.39, 0.29) is 36.4 Å². The van der Waals surface area contributed by atoms with Crippen LogP contribution in [-0.2, 0) is 29.4 Å². The molecule has 2 aromatic heterocycles. The van der Waals surface area contributed by atoms with Crippen molar-refractivity contribution in [2.75, 3.05) is 12.3 Å². The summed E-state index contributed by atoms with van der Waals surface area (Å²) in [5.41, 5.74) is 10.5.